The maximum absolute atomic E-state index is 13.8. The molecular formula is C34H41N3O2. The molecule has 0 aliphatic carbocycles. The fourth-order valence-corrected chi connectivity index (χ4v) is 4.99. The van der Waals surface area contributed by atoms with Gasteiger partial charge in [-0.3, -0.25) is 9.59 Å². The molecule has 1 N–H and O–H groups in total. The number of nitrogens with zero attached hydrogens (tertiary/aromatic N) is 2. The summed E-state index contributed by atoms with van der Waals surface area (Å²) >= 11 is 0. The lowest BCUT2D eigenvalue weighted by atomic mass is 9.87. The van der Waals surface area contributed by atoms with Gasteiger partial charge in [-0.1, -0.05) is 88.4 Å². The minimum atomic E-state index is -0.0885. The molecule has 0 bridgehead atoms. The van der Waals surface area contributed by atoms with Crippen LogP contribution in [0.25, 0.3) is 10.9 Å². The average molecular weight is 524 g/mol. The van der Waals surface area contributed by atoms with E-state index in [-0.39, 0.29) is 23.8 Å². The highest BCUT2D eigenvalue weighted by Gasteiger charge is 2.23. The Balaban J connectivity index is 1.56. The molecule has 0 radical (unpaired) electrons. The molecule has 0 saturated heterocycles. The van der Waals surface area contributed by atoms with Crippen molar-refractivity contribution in [1.29, 1.82) is 0 Å². The van der Waals surface area contributed by atoms with Crippen LogP contribution in [-0.4, -0.2) is 46.2 Å². The number of nitrogens with one attached hydrogen (secondary N) is 1. The summed E-state index contributed by atoms with van der Waals surface area (Å²) < 4.78 is 0. The third-order valence-electron chi connectivity index (χ3n) is 7.35. The number of para-hydroxylation sites is 1. The van der Waals surface area contributed by atoms with Gasteiger partial charge in [0.25, 0.3) is 5.91 Å². The van der Waals surface area contributed by atoms with E-state index >= 15 is 0 Å². The first-order valence-corrected chi connectivity index (χ1v) is 13.9. The van der Waals surface area contributed by atoms with E-state index in [1.54, 1.807) is 4.90 Å². The van der Waals surface area contributed by atoms with Gasteiger partial charge in [0, 0.05) is 42.3 Å². The molecule has 1 aromatic heterocycles. The first-order valence-electron chi connectivity index (χ1n) is 13.9. The quantitative estimate of drug-likeness (QED) is 0.246. The van der Waals surface area contributed by atoms with E-state index in [0.29, 0.717) is 25.2 Å². The molecule has 0 aliphatic rings. The Bertz CT molecular complexity index is 1410. The van der Waals surface area contributed by atoms with E-state index in [1.165, 1.54) is 16.5 Å². The Morgan fingerprint density at radius 1 is 0.846 bits per heavy atom. The number of H-pyrrole nitrogens is 1. The van der Waals surface area contributed by atoms with Crippen LogP contribution in [0.3, 0.4) is 0 Å². The number of rotatable bonds is 10. The predicted molar refractivity (Wildman–Crippen MR) is 160 cm³/mol. The summed E-state index contributed by atoms with van der Waals surface area (Å²) in [6.07, 6.45) is 3.56. The zero-order valence-electron chi connectivity index (χ0n) is 24.0. The molecule has 5 nitrogen and oxygen atoms in total. The topological polar surface area (TPSA) is 56.4 Å². The number of carbonyl (C=O) groups is 2. The molecule has 4 rings (SSSR count). The first kappa shape index (κ1) is 28.2. The van der Waals surface area contributed by atoms with Crippen molar-refractivity contribution < 1.29 is 9.59 Å². The van der Waals surface area contributed by atoms with Crippen molar-refractivity contribution in [2.75, 3.05) is 19.6 Å². The van der Waals surface area contributed by atoms with Crippen LogP contribution in [-0.2, 0) is 23.2 Å². The summed E-state index contributed by atoms with van der Waals surface area (Å²) in [6.45, 7) is 12.3. The highest BCUT2D eigenvalue weighted by atomic mass is 16.2. The second-order valence-corrected chi connectivity index (χ2v) is 11.4. The third kappa shape index (κ3) is 6.97. The molecule has 0 atom stereocenters. The largest absolute Gasteiger partial charge is 0.361 e. The molecule has 204 valence electrons. The number of hydrogen-bond donors (Lipinski definition) is 1. The summed E-state index contributed by atoms with van der Waals surface area (Å²) in [6, 6.07) is 24.4. The van der Waals surface area contributed by atoms with E-state index in [4.69, 9.17) is 0 Å². The van der Waals surface area contributed by atoms with Crippen molar-refractivity contribution in [2.24, 2.45) is 0 Å². The van der Waals surface area contributed by atoms with Crippen LogP contribution >= 0.6 is 0 Å². The SMILES string of the molecule is CCCN(CC(=O)N(CCc1c[nH]c2ccccc12)Cc1ccc(C(C)(C)C)cc1)C(=O)c1ccccc1C. The van der Waals surface area contributed by atoms with Gasteiger partial charge in [0.1, 0.15) is 6.54 Å². The van der Waals surface area contributed by atoms with Gasteiger partial charge in [-0.05, 0) is 59.6 Å². The highest BCUT2D eigenvalue weighted by Crippen LogP contribution is 2.23. The highest BCUT2D eigenvalue weighted by molar-refractivity contribution is 5.97. The molecular weight excluding hydrogens is 482 g/mol. The molecule has 4 aromatic rings. The van der Waals surface area contributed by atoms with Crippen LogP contribution in [0.4, 0.5) is 0 Å². The molecule has 1 heterocycles. The number of fused-ring (bicyclic) bond motifs is 1. The van der Waals surface area contributed by atoms with Gasteiger partial charge in [-0.15, -0.1) is 0 Å². The lowest BCUT2D eigenvalue weighted by Gasteiger charge is -2.28. The van der Waals surface area contributed by atoms with Gasteiger partial charge in [0.05, 0.1) is 0 Å². The minimum absolute atomic E-state index is 0.0369. The van der Waals surface area contributed by atoms with Crippen molar-refractivity contribution in [3.63, 3.8) is 0 Å². The first-order chi connectivity index (χ1) is 18.7. The van der Waals surface area contributed by atoms with Crippen LogP contribution < -0.4 is 0 Å². The molecule has 0 spiro atoms. The Morgan fingerprint density at radius 3 is 2.23 bits per heavy atom. The zero-order chi connectivity index (χ0) is 28.0. The number of benzene rings is 3. The average Bonchev–Trinajstić information content (AvgIpc) is 3.33. The maximum Gasteiger partial charge on any atom is 0.254 e. The summed E-state index contributed by atoms with van der Waals surface area (Å²) in [5.74, 6) is -0.125. The van der Waals surface area contributed by atoms with Crippen LogP contribution in [0.2, 0.25) is 0 Å². The normalized spacial score (nSPS) is 11.5. The van der Waals surface area contributed by atoms with Crippen molar-refractivity contribution in [1.82, 2.24) is 14.8 Å². The summed E-state index contributed by atoms with van der Waals surface area (Å²) in [7, 11) is 0. The smallest absolute Gasteiger partial charge is 0.254 e. The second kappa shape index (κ2) is 12.3. The number of hydrogen-bond acceptors (Lipinski definition) is 2. The zero-order valence-corrected chi connectivity index (χ0v) is 24.0. The molecule has 0 fully saturated rings. The molecule has 39 heavy (non-hydrogen) atoms. The van der Waals surface area contributed by atoms with Gasteiger partial charge in [0.2, 0.25) is 5.91 Å². The fraction of sp³-hybridized carbons (Fsp3) is 0.353. The standard InChI is InChI=1S/C34H41N3O2/c1-6-20-37(33(39)29-12-8-7-11-25(29)2)24-32(38)36(23-26-15-17-28(18-16-26)34(3,4)5)21-19-27-22-35-31-14-10-9-13-30(27)31/h7-18,22,35H,6,19-21,23-24H2,1-5H3. The van der Waals surface area contributed by atoms with Gasteiger partial charge in [-0.25, -0.2) is 0 Å². The summed E-state index contributed by atoms with van der Waals surface area (Å²) in [4.78, 5) is 34.2. The molecule has 0 saturated carbocycles. The van der Waals surface area contributed by atoms with E-state index in [0.717, 1.165) is 29.5 Å². The monoisotopic (exact) mass is 523 g/mol. The van der Waals surface area contributed by atoms with Crippen LogP contribution in [0.5, 0.6) is 0 Å². The van der Waals surface area contributed by atoms with Gasteiger partial charge < -0.3 is 14.8 Å². The summed E-state index contributed by atoms with van der Waals surface area (Å²) in [5, 5.41) is 1.18. The fourth-order valence-electron chi connectivity index (χ4n) is 4.99. The predicted octanol–water partition coefficient (Wildman–Crippen LogP) is 6.90. The Hall–Kier alpha value is -3.86. The van der Waals surface area contributed by atoms with E-state index in [2.05, 4.69) is 62.2 Å². The van der Waals surface area contributed by atoms with Crippen molar-refractivity contribution in [3.8, 4) is 0 Å². The number of carbonyl (C=O) groups excluding carboxylic acids is 2. The lowest BCUT2D eigenvalue weighted by molar-refractivity contribution is -0.132. The molecule has 2 amide bonds. The van der Waals surface area contributed by atoms with Crippen LogP contribution in [0.15, 0.2) is 79.0 Å². The maximum atomic E-state index is 13.8. The summed E-state index contributed by atoms with van der Waals surface area (Å²) in [5.41, 5.74) is 6.28. The van der Waals surface area contributed by atoms with Crippen molar-refractivity contribution >= 4 is 22.7 Å². The molecule has 0 aliphatic heterocycles. The second-order valence-electron chi connectivity index (χ2n) is 11.4. The number of aryl methyl sites for hydroxylation is 1. The van der Waals surface area contributed by atoms with Gasteiger partial charge in [-0.2, -0.15) is 0 Å². The Morgan fingerprint density at radius 2 is 1.54 bits per heavy atom. The van der Waals surface area contributed by atoms with E-state index in [9.17, 15) is 9.59 Å². The number of amides is 2. The number of aromatic nitrogens is 1. The Kier molecular flexibility index (Phi) is 8.90. The van der Waals surface area contributed by atoms with E-state index < -0.39 is 0 Å². The molecule has 5 heteroatoms. The van der Waals surface area contributed by atoms with Gasteiger partial charge in [0.15, 0.2) is 0 Å². The minimum Gasteiger partial charge on any atom is -0.361 e. The van der Waals surface area contributed by atoms with E-state index in [1.807, 2.05) is 61.3 Å². The van der Waals surface area contributed by atoms with Crippen LogP contribution in [0.1, 0.15) is 66.7 Å². The molecule has 0 unspecified atom stereocenters. The Labute approximate surface area is 232 Å². The lowest BCUT2D eigenvalue weighted by Crippen LogP contribution is -2.43. The van der Waals surface area contributed by atoms with Gasteiger partial charge >= 0.3 is 0 Å². The molecule has 3 aromatic carbocycles. The number of aromatic amines is 1. The van der Waals surface area contributed by atoms with Crippen LogP contribution in [0, 0.1) is 6.92 Å². The van der Waals surface area contributed by atoms with Crippen molar-refractivity contribution in [2.45, 2.75) is 59.4 Å². The van der Waals surface area contributed by atoms with Crippen molar-refractivity contribution in [3.05, 3.63) is 107 Å². The third-order valence-corrected chi connectivity index (χ3v) is 7.35.